The number of halogens is 3. The van der Waals surface area contributed by atoms with Crippen molar-refractivity contribution in [2.45, 2.75) is 26.0 Å². The number of nitrogens with one attached hydrogen (secondary N) is 1. The van der Waals surface area contributed by atoms with E-state index in [1.807, 2.05) is 0 Å². The van der Waals surface area contributed by atoms with Crippen molar-refractivity contribution in [1.82, 2.24) is 0 Å². The second-order valence-electron chi connectivity index (χ2n) is 5.41. The number of rotatable bonds is 4. The lowest BCUT2D eigenvalue weighted by Crippen LogP contribution is -2.42. The first kappa shape index (κ1) is 19.1. The Morgan fingerprint density at radius 3 is 2.31 bits per heavy atom. The molecule has 0 aromatic heterocycles. The number of alkyl halides is 3. The smallest absolute Gasteiger partial charge is 0.478 e. The molecular weight excluding hydrogens is 363 g/mol. The van der Waals surface area contributed by atoms with Crippen LogP contribution in [0.1, 0.15) is 24.2 Å². The number of esters is 2. The summed E-state index contributed by atoms with van der Waals surface area (Å²) >= 11 is 0. The molecule has 1 heterocycles. The molecule has 11 heteroatoms. The van der Waals surface area contributed by atoms with Crippen molar-refractivity contribution in [3.63, 3.8) is 0 Å². The summed E-state index contributed by atoms with van der Waals surface area (Å²) < 4.78 is 50.9. The maximum atomic E-state index is 12.5. The predicted molar refractivity (Wildman–Crippen MR) is 78.1 cm³/mol. The van der Waals surface area contributed by atoms with E-state index in [0.29, 0.717) is 6.20 Å². The number of aromatic carboxylic acids is 1. The Hall–Kier alpha value is -3.24. The van der Waals surface area contributed by atoms with Gasteiger partial charge in [0.15, 0.2) is 11.3 Å². The Morgan fingerprint density at radius 1 is 1.23 bits per heavy atom. The second-order valence-corrected chi connectivity index (χ2v) is 5.41. The van der Waals surface area contributed by atoms with Gasteiger partial charge >= 0.3 is 24.3 Å². The zero-order valence-electron chi connectivity index (χ0n) is 13.3. The molecule has 0 spiro atoms. The minimum atomic E-state index is -5.09. The third kappa shape index (κ3) is 4.43. The van der Waals surface area contributed by atoms with Crippen molar-refractivity contribution in [1.29, 1.82) is 0 Å². The molecule has 0 atom stereocenters. The Labute approximate surface area is 144 Å². The van der Waals surface area contributed by atoms with Crippen LogP contribution in [0.4, 0.5) is 18.9 Å². The predicted octanol–water partition coefficient (Wildman–Crippen LogP) is 2.42. The van der Waals surface area contributed by atoms with Crippen LogP contribution in [0.15, 0.2) is 30.0 Å². The summed E-state index contributed by atoms with van der Waals surface area (Å²) in [6.45, 7) is 2.62. The molecule has 2 N–H and O–H groups in total. The summed E-state index contributed by atoms with van der Waals surface area (Å²) in [4.78, 5) is 34.9. The number of carboxylic acids is 1. The number of hydrogen-bond acceptors (Lipinski definition) is 7. The lowest BCUT2D eigenvalue weighted by molar-refractivity contribution is -0.274. The van der Waals surface area contributed by atoms with Crippen LogP contribution in [0.25, 0.3) is 0 Å². The van der Waals surface area contributed by atoms with Crippen LogP contribution in [0.5, 0.6) is 5.75 Å². The minimum Gasteiger partial charge on any atom is -0.478 e. The highest BCUT2D eigenvalue weighted by atomic mass is 19.4. The van der Waals surface area contributed by atoms with Gasteiger partial charge in [-0.3, -0.25) is 0 Å². The number of benzene rings is 1. The van der Waals surface area contributed by atoms with E-state index in [9.17, 15) is 27.6 Å². The lowest BCUT2D eigenvalue weighted by atomic mass is 10.1. The standard InChI is InChI=1S/C15H12F3NO7/c1-14(2)25-12(22)8(13(23)26-14)6-19-10-7(11(20)21)4-3-5-9(10)24-15(16,17)18/h3-6,19H,1-2H3,(H,20,21). The molecule has 1 aromatic rings. The first-order valence-corrected chi connectivity index (χ1v) is 6.95. The van der Waals surface area contributed by atoms with E-state index in [4.69, 9.17) is 14.6 Å². The summed E-state index contributed by atoms with van der Waals surface area (Å²) in [5.41, 5.74) is -1.86. The molecule has 1 fully saturated rings. The number of carbonyl (C=O) groups excluding carboxylic acids is 2. The molecule has 26 heavy (non-hydrogen) atoms. The molecule has 2 rings (SSSR count). The molecule has 0 aliphatic carbocycles. The number of carbonyl (C=O) groups is 3. The quantitative estimate of drug-likeness (QED) is 0.469. The van der Waals surface area contributed by atoms with Crippen LogP contribution < -0.4 is 10.1 Å². The number of ether oxygens (including phenoxy) is 3. The van der Waals surface area contributed by atoms with Gasteiger partial charge in [0.25, 0.3) is 5.79 Å². The molecular formula is C15H12F3NO7. The van der Waals surface area contributed by atoms with Crippen molar-refractivity contribution in [3.8, 4) is 5.75 Å². The fourth-order valence-electron chi connectivity index (χ4n) is 1.99. The summed E-state index contributed by atoms with van der Waals surface area (Å²) in [6, 6.07) is 2.91. The van der Waals surface area contributed by atoms with Crippen molar-refractivity contribution in [2.75, 3.05) is 5.32 Å². The number of anilines is 1. The molecule has 140 valence electrons. The largest absolute Gasteiger partial charge is 0.573 e. The van der Waals surface area contributed by atoms with E-state index in [0.717, 1.165) is 18.2 Å². The highest BCUT2D eigenvalue weighted by Crippen LogP contribution is 2.33. The van der Waals surface area contributed by atoms with Crippen LogP contribution in [-0.2, 0) is 19.1 Å². The van der Waals surface area contributed by atoms with Crippen LogP contribution >= 0.6 is 0 Å². The molecule has 1 aliphatic rings. The molecule has 8 nitrogen and oxygen atoms in total. The van der Waals surface area contributed by atoms with Crippen molar-refractivity contribution in [2.24, 2.45) is 0 Å². The second kappa shape index (κ2) is 6.58. The van der Waals surface area contributed by atoms with Gasteiger partial charge in [-0.1, -0.05) is 6.07 Å². The maximum Gasteiger partial charge on any atom is 0.573 e. The van der Waals surface area contributed by atoms with Gasteiger partial charge in [-0.2, -0.15) is 0 Å². The molecule has 0 radical (unpaired) electrons. The van der Waals surface area contributed by atoms with Crippen LogP contribution in [0.3, 0.4) is 0 Å². The summed E-state index contributed by atoms with van der Waals surface area (Å²) in [7, 11) is 0. The van der Waals surface area contributed by atoms with Gasteiger partial charge in [-0.25, -0.2) is 14.4 Å². The Bertz CT molecular complexity index is 777. The highest BCUT2D eigenvalue weighted by molar-refractivity contribution is 6.15. The van der Waals surface area contributed by atoms with E-state index in [1.165, 1.54) is 13.8 Å². The SMILES string of the molecule is CC1(C)OC(=O)C(=CNc2c(OC(F)(F)F)cccc2C(=O)O)C(=O)O1. The van der Waals surface area contributed by atoms with Crippen LogP contribution in [0.2, 0.25) is 0 Å². The van der Waals surface area contributed by atoms with Gasteiger partial charge in [-0.05, 0) is 12.1 Å². The highest BCUT2D eigenvalue weighted by Gasteiger charge is 2.39. The van der Waals surface area contributed by atoms with Gasteiger partial charge in [0.05, 0.1) is 11.3 Å². The van der Waals surface area contributed by atoms with Gasteiger partial charge < -0.3 is 24.6 Å². The fraction of sp³-hybridized carbons (Fsp3) is 0.267. The van der Waals surface area contributed by atoms with Gasteiger partial charge in [-0.15, -0.1) is 13.2 Å². The fourth-order valence-corrected chi connectivity index (χ4v) is 1.99. The number of cyclic esters (lactones) is 2. The summed E-state index contributed by atoms with van der Waals surface area (Å²) in [5.74, 6) is -6.12. The van der Waals surface area contributed by atoms with Gasteiger partial charge in [0, 0.05) is 20.0 Å². The van der Waals surface area contributed by atoms with Gasteiger partial charge in [0.2, 0.25) is 0 Å². The van der Waals surface area contributed by atoms with E-state index >= 15 is 0 Å². The Balaban J connectivity index is 2.40. The number of carboxylic acid groups (broad SMARTS) is 1. The lowest BCUT2D eigenvalue weighted by Gasteiger charge is -2.29. The van der Waals surface area contributed by atoms with Gasteiger partial charge in [0.1, 0.15) is 0 Å². The molecule has 0 saturated carbocycles. The zero-order chi connectivity index (χ0) is 19.7. The zero-order valence-corrected chi connectivity index (χ0v) is 13.3. The first-order valence-electron chi connectivity index (χ1n) is 6.95. The molecule has 0 unspecified atom stereocenters. The average Bonchev–Trinajstić information content (AvgIpc) is 2.44. The maximum absolute atomic E-state index is 12.5. The third-order valence-electron chi connectivity index (χ3n) is 2.96. The summed E-state index contributed by atoms with van der Waals surface area (Å²) in [5, 5.41) is 11.3. The average molecular weight is 375 g/mol. The Morgan fingerprint density at radius 2 is 1.81 bits per heavy atom. The van der Waals surface area contributed by atoms with E-state index in [2.05, 4.69) is 10.1 Å². The van der Waals surface area contributed by atoms with E-state index in [-0.39, 0.29) is 0 Å². The minimum absolute atomic E-state index is 0.582. The third-order valence-corrected chi connectivity index (χ3v) is 2.96. The van der Waals surface area contributed by atoms with Crippen molar-refractivity contribution < 1.29 is 46.9 Å². The Kier molecular flexibility index (Phi) is 4.83. The molecule has 1 aliphatic heterocycles. The molecule has 0 amide bonds. The van der Waals surface area contributed by atoms with E-state index in [1.54, 1.807) is 0 Å². The molecule has 1 aromatic carbocycles. The van der Waals surface area contributed by atoms with Crippen LogP contribution in [-0.4, -0.2) is 35.2 Å². The number of para-hydroxylation sites is 1. The van der Waals surface area contributed by atoms with Crippen molar-refractivity contribution >= 4 is 23.6 Å². The molecule has 1 saturated heterocycles. The van der Waals surface area contributed by atoms with Crippen molar-refractivity contribution in [3.05, 3.63) is 35.5 Å². The summed E-state index contributed by atoms with van der Waals surface area (Å²) in [6.07, 6.45) is -4.40. The molecule has 0 bridgehead atoms. The first-order chi connectivity index (χ1) is 11.9. The van der Waals surface area contributed by atoms with Crippen LogP contribution in [0, 0.1) is 0 Å². The topological polar surface area (TPSA) is 111 Å². The monoisotopic (exact) mass is 375 g/mol. The van der Waals surface area contributed by atoms with E-state index < -0.39 is 52.6 Å². The number of hydrogen-bond donors (Lipinski definition) is 2. The normalized spacial score (nSPS) is 16.4.